The van der Waals surface area contributed by atoms with Gasteiger partial charge in [-0.1, -0.05) is 18.2 Å². The van der Waals surface area contributed by atoms with Crippen LogP contribution in [0.15, 0.2) is 40.7 Å². The van der Waals surface area contributed by atoms with Gasteiger partial charge in [0, 0.05) is 30.1 Å². The lowest BCUT2D eigenvalue weighted by Crippen LogP contribution is -2.45. The number of nitrogens with one attached hydrogen (secondary N) is 2. The summed E-state index contributed by atoms with van der Waals surface area (Å²) in [6, 6.07) is 7.89. The quantitative estimate of drug-likeness (QED) is 0.535. The van der Waals surface area contributed by atoms with E-state index in [1.54, 1.807) is 22.3 Å². The first-order valence-corrected chi connectivity index (χ1v) is 10.4. The number of fused-ring (bicyclic) bond motifs is 1. The number of benzene rings is 1. The molecule has 2 heterocycles. The SMILES string of the molecule is CCNC(=NCc1ccccc1OC(F)(F)F)NCC(=O)N1CCc2sccc2C1. The molecule has 0 aliphatic carbocycles. The number of nitrogens with zero attached hydrogens (tertiary/aromatic N) is 2. The number of aliphatic imine (C=N–C) groups is 1. The van der Waals surface area contributed by atoms with Gasteiger partial charge in [-0.2, -0.15) is 0 Å². The number of alkyl halides is 3. The molecule has 0 fully saturated rings. The number of hydrogen-bond donors (Lipinski definition) is 2. The predicted molar refractivity (Wildman–Crippen MR) is 109 cm³/mol. The molecule has 0 bridgehead atoms. The van der Waals surface area contributed by atoms with Gasteiger partial charge in [0.15, 0.2) is 5.96 Å². The molecule has 0 unspecified atom stereocenters. The largest absolute Gasteiger partial charge is 0.573 e. The van der Waals surface area contributed by atoms with Gasteiger partial charge in [-0.05, 0) is 36.4 Å². The molecule has 6 nitrogen and oxygen atoms in total. The number of carbonyl (C=O) groups excluding carboxylic acids is 1. The van der Waals surface area contributed by atoms with E-state index >= 15 is 0 Å². The summed E-state index contributed by atoms with van der Waals surface area (Å²) in [5.41, 5.74) is 1.47. The minimum absolute atomic E-state index is 0.0300. The fraction of sp³-hybridized carbons (Fsp3) is 0.400. The fourth-order valence-electron chi connectivity index (χ4n) is 3.10. The standard InChI is InChI=1S/C20H23F3N4O2S/c1-2-24-19(25-11-14-5-3-4-6-16(14)29-20(21,22)23)26-12-18(28)27-9-7-17-15(13-27)8-10-30-17/h3-6,8,10H,2,7,9,11-13H2,1H3,(H2,24,25,26). The number of rotatable bonds is 6. The highest BCUT2D eigenvalue weighted by Crippen LogP contribution is 2.27. The van der Waals surface area contributed by atoms with Crippen molar-refractivity contribution in [3.8, 4) is 5.75 Å². The van der Waals surface area contributed by atoms with Gasteiger partial charge in [-0.15, -0.1) is 24.5 Å². The van der Waals surface area contributed by atoms with Gasteiger partial charge in [0.1, 0.15) is 5.75 Å². The van der Waals surface area contributed by atoms with E-state index in [1.807, 2.05) is 18.4 Å². The van der Waals surface area contributed by atoms with Crippen molar-refractivity contribution in [2.24, 2.45) is 4.99 Å². The van der Waals surface area contributed by atoms with Crippen LogP contribution in [0.25, 0.3) is 0 Å². The van der Waals surface area contributed by atoms with E-state index in [0.717, 1.165) is 6.42 Å². The third-order valence-corrected chi connectivity index (χ3v) is 5.54. The molecule has 1 aliphatic rings. The summed E-state index contributed by atoms with van der Waals surface area (Å²) in [6.45, 7) is 3.69. The van der Waals surface area contributed by atoms with E-state index in [4.69, 9.17) is 0 Å². The molecule has 0 spiro atoms. The Balaban J connectivity index is 1.60. The minimum atomic E-state index is -4.77. The first-order chi connectivity index (χ1) is 14.4. The molecule has 30 heavy (non-hydrogen) atoms. The van der Waals surface area contributed by atoms with E-state index in [0.29, 0.717) is 31.2 Å². The van der Waals surface area contributed by atoms with Crippen molar-refractivity contribution < 1.29 is 22.7 Å². The molecule has 3 rings (SSSR count). The third kappa shape index (κ3) is 6.12. The van der Waals surface area contributed by atoms with Gasteiger partial charge in [-0.3, -0.25) is 4.79 Å². The fourth-order valence-corrected chi connectivity index (χ4v) is 3.99. The van der Waals surface area contributed by atoms with Crippen LogP contribution in [0.2, 0.25) is 0 Å². The minimum Gasteiger partial charge on any atom is -0.405 e. The number of guanidine groups is 1. The highest BCUT2D eigenvalue weighted by molar-refractivity contribution is 7.10. The molecule has 2 N–H and O–H groups in total. The molecule has 162 valence electrons. The molecule has 2 aromatic rings. The summed E-state index contributed by atoms with van der Waals surface area (Å²) in [5, 5.41) is 7.99. The molecule has 1 aromatic heterocycles. The Labute approximate surface area is 176 Å². The molecule has 1 amide bonds. The Kier molecular flexibility index (Phi) is 7.20. The molecule has 0 radical (unpaired) electrons. The number of ether oxygens (including phenoxy) is 1. The van der Waals surface area contributed by atoms with Gasteiger partial charge in [0.05, 0.1) is 13.1 Å². The van der Waals surface area contributed by atoms with Crippen molar-refractivity contribution in [3.63, 3.8) is 0 Å². The van der Waals surface area contributed by atoms with Gasteiger partial charge in [0.2, 0.25) is 5.91 Å². The maximum atomic E-state index is 12.6. The van der Waals surface area contributed by atoms with Gasteiger partial charge < -0.3 is 20.3 Å². The number of amides is 1. The van der Waals surface area contributed by atoms with Crippen molar-refractivity contribution in [3.05, 3.63) is 51.7 Å². The lowest BCUT2D eigenvalue weighted by Gasteiger charge is -2.27. The second-order valence-electron chi connectivity index (χ2n) is 6.64. The van der Waals surface area contributed by atoms with Crippen LogP contribution in [0.5, 0.6) is 5.75 Å². The topological polar surface area (TPSA) is 66.0 Å². The van der Waals surface area contributed by atoms with Crippen LogP contribution >= 0.6 is 11.3 Å². The van der Waals surface area contributed by atoms with Crippen LogP contribution in [0.1, 0.15) is 22.9 Å². The Morgan fingerprint density at radius 2 is 2.07 bits per heavy atom. The highest BCUT2D eigenvalue weighted by Gasteiger charge is 2.32. The van der Waals surface area contributed by atoms with Crippen molar-refractivity contribution >= 4 is 23.2 Å². The molecule has 1 aromatic carbocycles. The summed E-state index contributed by atoms with van der Waals surface area (Å²) >= 11 is 1.71. The summed E-state index contributed by atoms with van der Waals surface area (Å²) in [6.07, 6.45) is -3.92. The van der Waals surface area contributed by atoms with E-state index in [1.165, 1.54) is 28.6 Å². The number of thiophene rings is 1. The number of halogens is 3. The zero-order valence-electron chi connectivity index (χ0n) is 16.5. The lowest BCUT2D eigenvalue weighted by molar-refractivity contribution is -0.274. The summed E-state index contributed by atoms with van der Waals surface area (Å²) in [7, 11) is 0. The van der Waals surface area contributed by atoms with Crippen molar-refractivity contribution in [2.75, 3.05) is 19.6 Å². The summed E-state index contributed by atoms with van der Waals surface area (Å²) in [4.78, 5) is 20.0. The Hall–Kier alpha value is -2.75. The van der Waals surface area contributed by atoms with Crippen LogP contribution < -0.4 is 15.4 Å². The molecule has 0 saturated carbocycles. The molecular weight excluding hydrogens is 417 g/mol. The number of carbonyl (C=O) groups is 1. The van der Waals surface area contributed by atoms with Crippen molar-refractivity contribution in [1.82, 2.24) is 15.5 Å². The Morgan fingerprint density at radius 3 is 2.83 bits per heavy atom. The third-order valence-electron chi connectivity index (χ3n) is 4.52. The molecule has 10 heteroatoms. The maximum absolute atomic E-state index is 12.6. The Morgan fingerprint density at radius 1 is 1.27 bits per heavy atom. The van der Waals surface area contributed by atoms with Gasteiger partial charge >= 0.3 is 6.36 Å². The number of para-hydroxylation sites is 1. The molecule has 0 atom stereocenters. The van der Waals surface area contributed by atoms with E-state index in [9.17, 15) is 18.0 Å². The predicted octanol–water partition coefficient (Wildman–Crippen LogP) is 3.29. The van der Waals surface area contributed by atoms with Crippen LogP contribution in [-0.4, -0.2) is 42.8 Å². The first-order valence-electron chi connectivity index (χ1n) is 9.54. The van der Waals surface area contributed by atoms with Gasteiger partial charge in [0.25, 0.3) is 0 Å². The zero-order valence-corrected chi connectivity index (χ0v) is 17.3. The lowest BCUT2D eigenvalue weighted by atomic mass is 10.1. The maximum Gasteiger partial charge on any atom is 0.573 e. The highest BCUT2D eigenvalue weighted by atomic mass is 32.1. The number of hydrogen-bond acceptors (Lipinski definition) is 4. The van der Waals surface area contributed by atoms with E-state index in [-0.39, 0.29) is 24.7 Å². The second-order valence-corrected chi connectivity index (χ2v) is 7.64. The van der Waals surface area contributed by atoms with Gasteiger partial charge in [-0.25, -0.2) is 4.99 Å². The van der Waals surface area contributed by atoms with Crippen LogP contribution in [-0.2, 0) is 24.3 Å². The van der Waals surface area contributed by atoms with Crippen LogP contribution in [0.4, 0.5) is 13.2 Å². The molecular formula is C20H23F3N4O2S. The average molecular weight is 440 g/mol. The molecule has 0 saturated heterocycles. The monoisotopic (exact) mass is 440 g/mol. The van der Waals surface area contributed by atoms with Crippen LogP contribution in [0.3, 0.4) is 0 Å². The van der Waals surface area contributed by atoms with E-state index in [2.05, 4.69) is 20.4 Å². The smallest absolute Gasteiger partial charge is 0.405 e. The van der Waals surface area contributed by atoms with Crippen LogP contribution in [0, 0.1) is 0 Å². The average Bonchev–Trinajstić information content (AvgIpc) is 3.17. The van der Waals surface area contributed by atoms with Crippen molar-refractivity contribution in [1.29, 1.82) is 0 Å². The second kappa shape index (κ2) is 9.84. The summed E-state index contributed by atoms with van der Waals surface area (Å²) in [5.74, 6) is -0.000268. The zero-order chi connectivity index (χ0) is 21.6. The Bertz CT molecular complexity index is 898. The summed E-state index contributed by atoms with van der Waals surface area (Å²) < 4.78 is 41.8. The normalized spacial score (nSPS) is 14.3. The van der Waals surface area contributed by atoms with E-state index < -0.39 is 6.36 Å². The van der Waals surface area contributed by atoms with Crippen molar-refractivity contribution in [2.45, 2.75) is 32.8 Å². The molecule has 1 aliphatic heterocycles. The first kappa shape index (κ1) is 21.9.